The molecule has 1 fully saturated rings. The lowest BCUT2D eigenvalue weighted by Crippen LogP contribution is -2.43. The molecule has 12 heteroatoms. The standard InChI is InChI=1S/C25H20ClFN6O3S/c26-21-12-30-25(37-21)23(35)31-13-7-14(9-15(34)8-13)33-20-10-18(24-28-5-6-36-24)29-11-19(20)32-22(33)16-3-1-2-4-17(16)27/h1-6,10-15,34H,7-9H2,(H,31,35)/t13-,14?,15+/m0/s1. The second kappa shape index (κ2) is 9.66. The number of fused-ring (bicyclic) bond motifs is 1. The lowest BCUT2D eigenvalue weighted by Gasteiger charge is -2.34. The molecule has 1 amide bonds. The first-order chi connectivity index (χ1) is 18.0. The molecule has 1 aliphatic carbocycles. The monoisotopic (exact) mass is 538 g/mol. The smallest absolute Gasteiger partial charge is 0.280 e. The molecule has 4 aromatic heterocycles. The molecule has 0 radical (unpaired) electrons. The van der Waals surface area contributed by atoms with Crippen molar-refractivity contribution >= 4 is 39.9 Å². The molecule has 0 saturated heterocycles. The number of nitrogens with zero attached hydrogens (tertiary/aromatic N) is 5. The molecule has 9 nitrogen and oxygen atoms in total. The summed E-state index contributed by atoms with van der Waals surface area (Å²) in [4.78, 5) is 30.1. The topological polar surface area (TPSA) is 119 Å². The van der Waals surface area contributed by atoms with Crippen molar-refractivity contribution in [3.8, 4) is 23.0 Å². The van der Waals surface area contributed by atoms with E-state index < -0.39 is 11.9 Å². The van der Waals surface area contributed by atoms with Gasteiger partial charge in [-0.15, -0.1) is 0 Å². The molecule has 1 aromatic carbocycles. The van der Waals surface area contributed by atoms with Crippen LogP contribution < -0.4 is 5.32 Å². The molecule has 37 heavy (non-hydrogen) atoms. The van der Waals surface area contributed by atoms with Crippen LogP contribution in [-0.4, -0.2) is 47.7 Å². The molecule has 1 aliphatic rings. The number of imidazole rings is 1. The van der Waals surface area contributed by atoms with Crippen LogP contribution in [0, 0.1) is 5.82 Å². The summed E-state index contributed by atoms with van der Waals surface area (Å²) in [6.07, 6.45) is 6.60. The number of amides is 1. The van der Waals surface area contributed by atoms with Crippen LogP contribution in [0.15, 0.2) is 59.6 Å². The zero-order valence-electron chi connectivity index (χ0n) is 19.2. The van der Waals surface area contributed by atoms with E-state index >= 15 is 0 Å². The Morgan fingerprint density at radius 3 is 2.81 bits per heavy atom. The number of carbonyl (C=O) groups is 1. The van der Waals surface area contributed by atoms with Crippen molar-refractivity contribution in [3.63, 3.8) is 0 Å². The lowest BCUT2D eigenvalue weighted by molar-refractivity contribution is 0.0747. The first-order valence-corrected chi connectivity index (χ1v) is 12.8. The Labute approximate surface area is 219 Å². The van der Waals surface area contributed by atoms with E-state index in [4.69, 9.17) is 21.0 Å². The van der Waals surface area contributed by atoms with Gasteiger partial charge in [-0.3, -0.25) is 4.79 Å². The van der Waals surface area contributed by atoms with E-state index in [1.165, 1.54) is 24.7 Å². The number of hydrogen-bond acceptors (Lipinski definition) is 8. The van der Waals surface area contributed by atoms with E-state index in [2.05, 4.69) is 20.3 Å². The molecule has 1 unspecified atom stereocenters. The number of thiazole rings is 1. The van der Waals surface area contributed by atoms with Crippen molar-refractivity contribution in [2.24, 2.45) is 0 Å². The number of aromatic nitrogens is 5. The van der Waals surface area contributed by atoms with Crippen LogP contribution in [0.1, 0.15) is 35.1 Å². The highest BCUT2D eigenvalue weighted by atomic mass is 35.5. The van der Waals surface area contributed by atoms with Gasteiger partial charge in [0.15, 0.2) is 5.01 Å². The molecule has 4 heterocycles. The minimum absolute atomic E-state index is 0.253. The fourth-order valence-electron chi connectivity index (χ4n) is 4.86. The second-order valence-electron chi connectivity index (χ2n) is 8.84. The van der Waals surface area contributed by atoms with Gasteiger partial charge < -0.3 is 19.4 Å². The SMILES string of the molecule is O=C(N[C@H]1CC(n2c(-c3ccccc3F)nc3cnc(-c4ncco4)cc32)C[C@H](O)C1)c1ncc(Cl)s1. The maximum atomic E-state index is 15.0. The first kappa shape index (κ1) is 23.7. The van der Waals surface area contributed by atoms with Crippen molar-refractivity contribution < 1.29 is 18.7 Å². The summed E-state index contributed by atoms with van der Waals surface area (Å²) >= 11 is 7.02. The van der Waals surface area contributed by atoms with Gasteiger partial charge in [-0.05, 0) is 37.5 Å². The number of rotatable bonds is 5. The molecular weight excluding hydrogens is 519 g/mol. The largest absolute Gasteiger partial charge is 0.443 e. The van der Waals surface area contributed by atoms with E-state index in [1.807, 2.05) is 4.57 Å². The van der Waals surface area contributed by atoms with E-state index in [1.54, 1.807) is 30.5 Å². The second-order valence-corrected chi connectivity index (χ2v) is 10.5. The Hall–Kier alpha value is -3.67. The summed E-state index contributed by atoms with van der Waals surface area (Å²) in [5.41, 5.74) is 2.08. The summed E-state index contributed by atoms with van der Waals surface area (Å²) < 4.78 is 22.7. The summed E-state index contributed by atoms with van der Waals surface area (Å²) in [7, 11) is 0. The average molecular weight is 539 g/mol. The van der Waals surface area contributed by atoms with Gasteiger partial charge in [-0.25, -0.2) is 24.3 Å². The van der Waals surface area contributed by atoms with Crippen LogP contribution in [0.2, 0.25) is 4.34 Å². The van der Waals surface area contributed by atoms with E-state index in [-0.39, 0.29) is 23.0 Å². The van der Waals surface area contributed by atoms with Crippen LogP contribution in [0.5, 0.6) is 0 Å². The number of aliphatic hydroxyl groups is 1. The van der Waals surface area contributed by atoms with Gasteiger partial charge in [-0.1, -0.05) is 35.1 Å². The predicted octanol–water partition coefficient (Wildman–Crippen LogP) is 4.89. The molecule has 2 N–H and O–H groups in total. The summed E-state index contributed by atoms with van der Waals surface area (Å²) in [6, 6.07) is 7.57. The molecule has 5 aromatic rings. The highest BCUT2D eigenvalue weighted by Crippen LogP contribution is 2.37. The summed E-state index contributed by atoms with van der Waals surface area (Å²) in [6.45, 7) is 0. The summed E-state index contributed by atoms with van der Waals surface area (Å²) in [5, 5.41) is 14.0. The van der Waals surface area contributed by atoms with Crippen molar-refractivity contribution in [1.29, 1.82) is 0 Å². The van der Waals surface area contributed by atoms with E-state index in [0.29, 0.717) is 57.6 Å². The van der Waals surface area contributed by atoms with Gasteiger partial charge >= 0.3 is 0 Å². The number of nitrogens with one attached hydrogen (secondary N) is 1. The fraction of sp³-hybridized carbons (Fsp3) is 0.240. The number of oxazole rings is 1. The Morgan fingerprint density at radius 2 is 2.05 bits per heavy atom. The van der Waals surface area contributed by atoms with Crippen molar-refractivity contribution in [2.45, 2.75) is 37.5 Å². The van der Waals surface area contributed by atoms with Crippen LogP contribution >= 0.6 is 22.9 Å². The quantitative estimate of drug-likeness (QED) is 0.327. The number of aliphatic hydroxyl groups excluding tert-OH is 1. The molecule has 0 aliphatic heterocycles. The van der Waals surface area contributed by atoms with Crippen LogP contribution in [0.3, 0.4) is 0 Å². The minimum Gasteiger partial charge on any atom is -0.443 e. The van der Waals surface area contributed by atoms with Crippen molar-refractivity contribution in [2.75, 3.05) is 0 Å². The molecule has 0 spiro atoms. The normalized spacial score (nSPS) is 19.8. The predicted molar refractivity (Wildman–Crippen MR) is 136 cm³/mol. The number of carbonyl (C=O) groups excluding carboxylic acids is 1. The van der Waals surface area contributed by atoms with Crippen LogP contribution in [0.25, 0.3) is 34.0 Å². The lowest BCUT2D eigenvalue weighted by atomic mass is 9.88. The molecule has 3 atom stereocenters. The zero-order chi connectivity index (χ0) is 25.5. The minimum atomic E-state index is -0.692. The number of halogens is 2. The Kier molecular flexibility index (Phi) is 6.19. The van der Waals surface area contributed by atoms with Crippen molar-refractivity contribution in [1.82, 2.24) is 29.8 Å². The number of hydrogen-bond donors (Lipinski definition) is 2. The third-order valence-corrected chi connectivity index (χ3v) is 7.49. The van der Waals surface area contributed by atoms with Gasteiger partial charge in [0, 0.05) is 12.1 Å². The third kappa shape index (κ3) is 4.61. The number of pyridine rings is 1. The van der Waals surface area contributed by atoms with Gasteiger partial charge in [0.1, 0.15) is 33.5 Å². The van der Waals surface area contributed by atoms with Gasteiger partial charge in [0.05, 0.1) is 35.8 Å². The Morgan fingerprint density at radius 1 is 1.19 bits per heavy atom. The maximum absolute atomic E-state index is 15.0. The average Bonchev–Trinajstić information content (AvgIpc) is 3.63. The Balaban J connectivity index is 1.42. The third-order valence-electron chi connectivity index (χ3n) is 6.37. The molecule has 0 bridgehead atoms. The fourth-order valence-corrected chi connectivity index (χ4v) is 5.68. The highest BCUT2D eigenvalue weighted by molar-refractivity contribution is 7.17. The molecule has 1 saturated carbocycles. The molecular formula is C25H20ClFN6O3S. The summed E-state index contributed by atoms with van der Waals surface area (Å²) in [5.74, 6) is -0.00917. The Bertz CT molecular complexity index is 1590. The molecule has 6 rings (SSSR count). The van der Waals surface area contributed by atoms with Gasteiger partial charge in [0.2, 0.25) is 5.89 Å². The van der Waals surface area contributed by atoms with Crippen LogP contribution in [-0.2, 0) is 0 Å². The van der Waals surface area contributed by atoms with Gasteiger partial charge in [0.25, 0.3) is 5.91 Å². The maximum Gasteiger partial charge on any atom is 0.280 e. The van der Waals surface area contributed by atoms with Gasteiger partial charge in [-0.2, -0.15) is 0 Å². The first-order valence-electron chi connectivity index (χ1n) is 11.6. The number of benzene rings is 1. The molecule has 188 valence electrons. The van der Waals surface area contributed by atoms with E-state index in [9.17, 15) is 14.3 Å². The van der Waals surface area contributed by atoms with Crippen molar-refractivity contribution in [3.05, 3.63) is 70.3 Å². The zero-order valence-corrected chi connectivity index (χ0v) is 20.8. The van der Waals surface area contributed by atoms with Crippen LogP contribution in [0.4, 0.5) is 4.39 Å². The van der Waals surface area contributed by atoms with E-state index in [0.717, 1.165) is 11.3 Å². The highest BCUT2D eigenvalue weighted by Gasteiger charge is 2.33.